The van der Waals surface area contributed by atoms with E-state index in [1.807, 2.05) is 0 Å². The fraction of sp³-hybridized carbons (Fsp3) is 0.667. The zero-order valence-electron chi connectivity index (χ0n) is 22.4. The molecule has 180 valence electrons. The van der Waals surface area contributed by atoms with Crippen molar-refractivity contribution in [3.63, 3.8) is 0 Å². The number of allylic oxidation sites excluding steroid dienone is 6. The van der Waals surface area contributed by atoms with Crippen LogP contribution in [0.15, 0.2) is 61.0 Å². The fourth-order valence-corrected chi connectivity index (χ4v) is 4.91. The molecular weight excluding hydrogens is 392 g/mol. The van der Waals surface area contributed by atoms with Gasteiger partial charge in [-0.05, 0) is 40.9 Å². The van der Waals surface area contributed by atoms with Gasteiger partial charge < -0.3 is 9.47 Å². The SMILES string of the molecule is C=C1CC(CC(=CC(C)(C)C(C)(C)CC(C)(C)C(C)(C)C)CC2CC(=C)OC2=C)C(=C)O1. The van der Waals surface area contributed by atoms with Crippen molar-refractivity contribution in [2.24, 2.45) is 33.5 Å². The summed E-state index contributed by atoms with van der Waals surface area (Å²) in [7, 11) is 0. The van der Waals surface area contributed by atoms with Crippen LogP contribution in [0.3, 0.4) is 0 Å². The van der Waals surface area contributed by atoms with Crippen molar-refractivity contribution in [2.45, 2.75) is 94.4 Å². The number of hydrogen-bond donors (Lipinski definition) is 0. The highest BCUT2D eigenvalue weighted by atomic mass is 16.5. The summed E-state index contributed by atoms with van der Waals surface area (Å²) >= 11 is 0. The predicted molar refractivity (Wildman–Crippen MR) is 138 cm³/mol. The number of ether oxygens (including phenoxy) is 2. The first-order chi connectivity index (χ1) is 14.3. The molecule has 2 atom stereocenters. The lowest BCUT2D eigenvalue weighted by Gasteiger charge is -2.49. The predicted octanol–water partition coefficient (Wildman–Crippen LogP) is 9.34. The Morgan fingerprint density at radius 3 is 1.47 bits per heavy atom. The van der Waals surface area contributed by atoms with Gasteiger partial charge in [-0.2, -0.15) is 0 Å². The number of rotatable bonds is 8. The highest BCUT2D eigenvalue weighted by Gasteiger charge is 2.44. The fourth-order valence-electron chi connectivity index (χ4n) is 4.91. The van der Waals surface area contributed by atoms with E-state index in [9.17, 15) is 0 Å². The molecule has 32 heavy (non-hydrogen) atoms. The normalized spacial score (nSPS) is 22.8. The molecule has 0 radical (unpaired) electrons. The summed E-state index contributed by atoms with van der Waals surface area (Å²) in [6.45, 7) is 37.9. The van der Waals surface area contributed by atoms with Crippen molar-refractivity contribution in [3.8, 4) is 0 Å². The van der Waals surface area contributed by atoms with Crippen LogP contribution in [-0.2, 0) is 9.47 Å². The molecule has 0 aromatic carbocycles. The van der Waals surface area contributed by atoms with Crippen LogP contribution in [0.2, 0.25) is 0 Å². The second-order valence-electron chi connectivity index (χ2n) is 13.1. The first-order valence-electron chi connectivity index (χ1n) is 12.1. The molecule has 0 saturated carbocycles. The molecule has 2 heteroatoms. The third-order valence-corrected chi connectivity index (χ3v) is 8.65. The van der Waals surface area contributed by atoms with E-state index in [4.69, 9.17) is 9.47 Å². The van der Waals surface area contributed by atoms with Crippen LogP contribution in [-0.4, -0.2) is 0 Å². The summed E-state index contributed by atoms with van der Waals surface area (Å²) < 4.78 is 11.4. The maximum atomic E-state index is 5.71. The molecule has 0 aromatic heterocycles. The van der Waals surface area contributed by atoms with Gasteiger partial charge in [0.15, 0.2) is 0 Å². The summed E-state index contributed by atoms with van der Waals surface area (Å²) in [4.78, 5) is 0. The Labute approximate surface area is 198 Å². The standard InChI is InChI=1S/C30H48O2/c1-20-14-25(22(3)31-20)16-24(17-26-15-21(2)32-23(26)4)18-28(8,9)30(12,13)19-29(10,11)27(5,6)7/h18,25-26H,1-4,14-17,19H2,5-13H3. The van der Waals surface area contributed by atoms with Gasteiger partial charge >= 0.3 is 0 Å². The summed E-state index contributed by atoms with van der Waals surface area (Å²) in [6, 6.07) is 0. The van der Waals surface area contributed by atoms with Gasteiger partial charge in [-0.3, -0.25) is 0 Å². The maximum absolute atomic E-state index is 5.71. The highest BCUT2D eigenvalue weighted by molar-refractivity contribution is 5.21. The molecule has 0 amide bonds. The van der Waals surface area contributed by atoms with Crippen molar-refractivity contribution in [2.75, 3.05) is 0 Å². The average Bonchev–Trinajstić information content (AvgIpc) is 3.05. The number of hydrogen-bond acceptors (Lipinski definition) is 2. The van der Waals surface area contributed by atoms with Crippen LogP contribution in [0.5, 0.6) is 0 Å². The van der Waals surface area contributed by atoms with Gasteiger partial charge in [0.05, 0.1) is 11.5 Å². The van der Waals surface area contributed by atoms with E-state index in [1.165, 1.54) is 5.57 Å². The Balaban J connectivity index is 2.35. The van der Waals surface area contributed by atoms with Crippen LogP contribution in [0.25, 0.3) is 0 Å². The van der Waals surface area contributed by atoms with E-state index in [1.54, 1.807) is 0 Å². The van der Waals surface area contributed by atoms with Crippen LogP contribution >= 0.6 is 0 Å². The van der Waals surface area contributed by atoms with Gasteiger partial charge in [0.2, 0.25) is 0 Å². The Morgan fingerprint density at radius 1 is 0.750 bits per heavy atom. The van der Waals surface area contributed by atoms with E-state index < -0.39 is 0 Å². The topological polar surface area (TPSA) is 18.5 Å². The van der Waals surface area contributed by atoms with E-state index in [2.05, 4.69) is 94.7 Å². The lowest BCUT2D eigenvalue weighted by Crippen LogP contribution is -2.40. The zero-order chi connectivity index (χ0) is 24.7. The van der Waals surface area contributed by atoms with Gasteiger partial charge in [-0.15, -0.1) is 0 Å². The molecule has 0 aliphatic carbocycles. The Kier molecular flexibility index (Phi) is 7.40. The van der Waals surface area contributed by atoms with E-state index >= 15 is 0 Å². The molecule has 0 spiro atoms. The largest absolute Gasteiger partial charge is 0.467 e. The zero-order valence-corrected chi connectivity index (χ0v) is 22.4. The maximum Gasteiger partial charge on any atom is 0.100 e. The van der Waals surface area contributed by atoms with Gasteiger partial charge in [0.25, 0.3) is 0 Å². The molecule has 2 fully saturated rings. The molecule has 0 bridgehead atoms. The van der Waals surface area contributed by atoms with Crippen molar-refractivity contribution in [3.05, 3.63) is 61.0 Å². The quantitative estimate of drug-likeness (QED) is 0.350. The van der Waals surface area contributed by atoms with Crippen molar-refractivity contribution < 1.29 is 9.47 Å². The van der Waals surface area contributed by atoms with E-state index in [0.717, 1.165) is 55.1 Å². The van der Waals surface area contributed by atoms with Crippen molar-refractivity contribution in [1.82, 2.24) is 0 Å². The molecule has 2 rings (SSSR count). The van der Waals surface area contributed by atoms with Gasteiger partial charge in [-0.1, -0.05) is 100 Å². The molecule has 2 aliphatic rings. The minimum Gasteiger partial charge on any atom is -0.467 e. The van der Waals surface area contributed by atoms with Crippen molar-refractivity contribution >= 4 is 0 Å². The van der Waals surface area contributed by atoms with Crippen LogP contribution in [0, 0.1) is 33.5 Å². The highest BCUT2D eigenvalue weighted by Crippen LogP contribution is 2.53. The van der Waals surface area contributed by atoms with Crippen molar-refractivity contribution in [1.29, 1.82) is 0 Å². The molecular formula is C30H48O2. The van der Waals surface area contributed by atoms with Crippen LogP contribution in [0.4, 0.5) is 0 Å². The monoisotopic (exact) mass is 440 g/mol. The lowest BCUT2D eigenvalue weighted by atomic mass is 9.55. The van der Waals surface area contributed by atoms with E-state index in [-0.39, 0.29) is 33.5 Å². The minimum absolute atomic E-state index is 0.0143. The van der Waals surface area contributed by atoms with E-state index in [0.29, 0.717) is 0 Å². The summed E-state index contributed by atoms with van der Waals surface area (Å²) in [5.74, 6) is 3.92. The molecule has 2 heterocycles. The second kappa shape index (κ2) is 8.92. The molecule has 2 unspecified atom stereocenters. The Morgan fingerprint density at radius 2 is 1.16 bits per heavy atom. The second-order valence-corrected chi connectivity index (χ2v) is 13.1. The molecule has 2 saturated heterocycles. The van der Waals surface area contributed by atoms with Gasteiger partial charge in [0.1, 0.15) is 11.5 Å². The summed E-state index contributed by atoms with van der Waals surface area (Å²) in [6.07, 6.45) is 7.27. The minimum atomic E-state index is 0.0143. The van der Waals surface area contributed by atoms with Crippen LogP contribution < -0.4 is 0 Å². The third-order valence-electron chi connectivity index (χ3n) is 8.65. The molecule has 2 nitrogen and oxygen atoms in total. The molecule has 2 aliphatic heterocycles. The Hall–Kier alpha value is -1.70. The first kappa shape index (κ1) is 26.6. The Bertz CT molecular complexity index is 770. The van der Waals surface area contributed by atoms with Gasteiger partial charge in [0, 0.05) is 24.7 Å². The summed E-state index contributed by atoms with van der Waals surface area (Å²) in [5, 5.41) is 0. The van der Waals surface area contributed by atoms with Crippen LogP contribution in [0.1, 0.15) is 94.4 Å². The first-order valence-corrected chi connectivity index (χ1v) is 12.1. The average molecular weight is 441 g/mol. The molecule has 0 aromatic rings. The summed E-state index contributed by atoms with van der Waals surface area (Å²) in [5.41, 5.74) is 2.03. The lowest BCUT2D eigenvalue weighted by molar-refractivity contribution is 0.0223. The van der Waals surface area contributed by atoms with Gasteiger partial charge in [-0.25, -0.2) is 0 Å². The smallest absolute Gasteiger partial charge is 0.100 e. The third kappa shape index (κ3) is 6.00. The molecule has 0 N–H and O–H groups in total.